The van der Waals surface area contributed by atoms with Crippen LogP contribution in [0.2, 0.25) is 0 Å². The maximum atomic E-state index is 12.5. The standard InChI is InChI=1S/C19H19N3O4S3/c1-4-26-14(24)8-13(23)9-28-18-20-16-15(17(25)21-18)29-19(27)22(16)12-6-5-10(2)11(3)7-12/h5-7H,4,8-9H2,1-3H3,(H,20,21,25). The summed E-state index contributed by atoms with van der Waals surface area (Å²) in [6.45, 7) is 5.94. The number of ketones is 1. The molecule has 1 N–H and O–H groups in total. The van der Waals surface area contributed by atoms with Crippen molar-refractivity contribution in [3.8, 4) is 5.69 Å². The first-order chi connectivity index (χ1) is 13.8. The molecule has 152 valence electrons. The van der Waals surface area contributed by atoms with Gasteiger partial charge in [-0.2, -0.15) is 0 Å². The van der Waals surface area contributed by atoms with E-state index in [0.717, 1.165) is 28.6 Å². The van der Waals surface area contributed by atoms with Crippen molar-refractivity contribution in [1.82, 2.24) is 14.5 Å². The summed E-state index contributed by atoms with van der Waals surface area (Å²) >= 11 is 7.73. The number of aromatic amines is 1. The lowest BCUT2D eigenvalue weighted by molar-refractivity contribution is -0.145. The number of aryl methyl sites for hydroxylation is 2. The molecule has 2 aromatic heterocycles. The minimum Gasteiger partial charge on any atom is -0.466 e. The second-order valence-electron chi connectivity index (χ2n) is 6.30. The Morgan fingerprint density at radius 3 is 2.76 bits per heavy atom. The van der Waals surface area contributed by atoms with E-state index in [9.17, 15) is 14.4 Å². The smallest absolute Gasteiger partial charge is 0.313 e. The third-order valence-electron chi connectivity index (χ3n) is 4.19. The van der Waals surface area contributed by atoms with Crippen molar-refractivity contribution < 1.29 is 14.3 Å². The minimum atomic E-state index is -0.559. The maximum Gasteiger partial charge on any atom is 0.313 e. The lowest BCUT2D eigenvalue weighted by atomic mass is 10.1. The molecule has 3 aromatic rings. The van der Waals surface area contributed by atoms with E-state index >= 15 is 0 Å². The molecule has 0 fully saturated rings. The zero-order valence-corrected chi connectivity index (χ0v) is 18.6. The average Bonchev–Trinajstić information content (AvgIpc) is 2.99. The van der Waals surface area contributed by atoms with Crippen molar-refractivity contribution in [3.05, 3.63) is 43.6 Å². The zero-order valence-electron chi connectivity index (χ0n) is 16.1. The topological polar surface area (TPSA) is 94.1 Å². The highest BCUT2D eigenvalue weighted by molar-refractivity contribution is 7.99. The Balaban J connectivity index is 1.92. The third kappa shape index (κ3) is 4.82. The van der Waals surface area contributed by atoms with Crippen molar-refractivity contribution in [2.75, 3.05) is 12.4 Å². The van der Waals surface area contributed by atoms with E-state index in [0.29, 0.717) is 19.5 Å². The molecule has 7 nitrogen and oxygen atoms in total. The SMILES string of the molecule is CCOC(=O)CC(=O)CSc1nc2c(sc(=S)n2-c2ccc(C)c(C)c2)c(=O)[nH]1. The predicted octanol–water partition coefficient (Wildman–Crippen LogP) is 3.74. The molecule has 2 heterocycles. The summed E-state index contributed by atoms with van der Waals surface area (Å²) in [4.78, 5) is 43.1. The van der Waals surface area contributed by atoms with Crippen LogP contribution in [0.15, 0.2) is 28.2 Å². The van der Waals surface area contributed by atoms with E-state index in [4.69, 9.17) is 17.0 Å². The van der Waals surface area contributed by atoms with Gasteiger partial charge in [0.25, 0.3) is 5.56 Å². The fraction of sp³-hybridized carbons (Fsp3) is 0.316. The van der Waals surface area contributed by atoms with Gasteiger partial charge >= 0.3 is 5.97 Å². The highest BCUT2D eigenvalue weighted by Crippen LogP contribution is 2.25. The Kier molecular flexibility index (Phi) is 6.66. The lowest BCUT2D eigenvalue weighted by Crippen LogP contribution is -2.14. The van der Waals surface area contributed by atoms with Gasteiger partial charge in [0.2, 0.25) is 0 Å². The molecule has 3 rings (SSSR count). The first-order valence-electron chi connectivity index (χ1n) is 8.83. The number of nitrogens with one attached hydrogen (secondary N) is 1. The van der Waals surface area contributed by atoms with Gasteiger partial charge in [-0.1, -0.05) is 29.2 Å². The van der Waals surface area contributed by atoms with Crippen LogP contribution >= 0.6 is 35.3 Å². The zero-order chi connectivity index (χ0) is 21.1. The quantitative estimate of drug-likeness (QED) is 0.193. The van der Waals surface area contributed by atoms with E-state index in [1.165, 1.54) is 11.3 Å². The molecule has 0 aliphatic carbocycles. The molecule has 0 unspecified atom stereocenters. The summed E-state index contributed by atoms with van der Waals surface area (Å²) in [6, 6.07) is 5.92. The van der Waals surface area contributed by atoms with Crippen LogP contribution in [-0.4, -0.2) is 38.6 Å². The van der Waals surface area contributed by atoms with Gasteiger partial charge in [0, 0.05) is 5.69 Å². The fourth-order valence-electron chi connectivity index (χ4n) is 2.63. The number of Topliss-reactive ketones (excluding diaryl/α,β-unsaturated/α-hetero) is 1. The van der Waals surface area contributed by atoms with Crippen LogP contribution in [0.3, 0.4) is 0 Å². The van der Waals surface area contributed by atoms with E-state index in [1.807, 2.05) is 32.0 Å². The number of aromatic nitrogens is 3. The number of hydrogen-bond acceptors (Lipinski definition) is 8. The molecule has 0 aliphatic rings. The van der Waals surface area contributed by atoms with Crippen LogP contribution in [-0.2, 0) is 14.3 Å². The lowest BCUT2D eigenvalue weighted by Gasteiger charge is -2.08. The normalized spacial score (nSPS) is 11.0. The summed E-state index contributed by atoms with van der Waals surface area (Å²) in [5.74, 6) is -0.856. The van der Waals surface area contributed by atoms with Crippen LogP contribution in [0.4, 0.5) is 0 Å². The van der Waals surface area contributed by atoms with Gasteiger partial charge in [0.05, 0.1) is 12.4 Å². The number of nitrogens with zero attached hydrogens (tertiary/aromatic N) is 2. The molecular weight excluding hydrogens is 430 g/mol. The number of hydrogen-bond donors (Lipinski definition) is 1. The van der Waals surface area contributed by atoms with Crippen molar-refractivity contribution >= 4 is 57.4 Å². The molecule has 0 amide bonds. The third-order valence-corrected chi connectivity index (χ3v) is 6.48. The number of thiazole rings is 1. The van der Waals surface area contributed by atoms with Gasteiger partial charge in [-0.15, -0.1) is 0 Å². The summed E-state index contributed by atoms with van der Waals surface area (Å²) in [7, 11) is 0. The van der Waals surface area contributed by atoms with E-state index in [2.05, 4.69) is 9.97 Å². The van der Waals surface area contributed by atoms with Gasteiger partial charge in [-0.05, 0) is 56.2 Å². The van der Waals surface area contributed by atoms with Gasteiger partial charge < -0.3 is 9.72 Å². The molecule has 1 aromatic carbocycles. The second kappa shape index (κ2) is 9.02. The molecule has 0 saturated carbocycles. The minimum absolute atomic E-state index is 0.00176. The Morgan fingerprint density at radius 1 is 1.31 bits per heavy atom. The molecule has 0 spiro atoms. The largest absolute Gasteiger partial charge is 0.466 e. The molecule has 0 radical (unpaired) electrons. The number of ether oxygens (including phenoxy) is 1. The number of esters is 1. The summed E-state index contributed by atoms with van der Waals surface area (Å²) in [6.07, 6.45) is -0.301. The Morgan fingerprint density at radius 2 is 2.07 bits per heavy atom. The average molecular weight is 450 g/mol. The highest BCUT2D eigenvalue weighted by atomic mass is 32.2. The maximum absolute atomic E-state index is 12.5. The fourth-order valence-corrected chi connectivity index (χ4v) is 4.61. The molecule has 10 heteroatoms. The molecular formula is C19H19N3O4S3. The van der Waals surface area contributed by atoms with Crippen molar-refractivity contribution in [1.29, 1.82) is 0 Å². The first-order valence-corrected chi connectivity index (χ1v) is 11.0. The monoisotopic (exact) mass is 449 g/mol. The molecule has 29 heavy (non-hydrogen) atoms. The molecule has 0 aliphatic heterocycles. The summed E-state index contributed by atoms with van der Waals surface area (Å²) in [5.41, 5.74) is 3.23. The van der Waals surface area contributed by atoms with E-state index in [1.54, 1.807) is 11.5 Å². The van der Waals surface area contributed by atoms with Crippen molar-refractivity contribution in [2.45, 2.75) is 32.3 Å². The highest BCUT2D eigenvalue weighted by Gasteiger charge is 2.16. The van der Waals surface area contributed by atoms with Gasteiger partial charge in [0.15, 0.2) is 20.5 Å². The van der Waals surface area contributed by atoms with Gasteiger partial charge in [-0.25, -0.2) is 4.98 Å². The molecule has 0 saturated heterocycles. The van der Waals surface area contributed by atoms with Crippen LogP contribution < -0.4 is 5.56 Å². The number of H-pyrrole nitrogens is 1. The number of rotatable bonds is 7. The van der Waals surface area contributed by atoms with Crippen LogP contribution in [0.25, 0.3) is 16.0 Å². The number of fused-ring (bicyclic) bond motifs is 1. The van der Waals surface area contributed by atoms with Crippen LogP contribution in [0.1, 0.15) is 24.5 Å². The van der Waals surface area contributed by atoms with Gasteiger partial charge in [0.1, 0.15) is 11.1 Å². The number of thioether (sulfide) groups is 1. The number of carbonyl (C=O) groups is 2. The summed E-state index contributed by atoms with van der Waals surface area (Å²) < 4.78 is 7.48. The van der Waals surface area contributed by atoms with Crippen LogP contribution in [0.5, 0.6) is 0 Å². The molecule has 0 bridgehead atoms. The van der Waals surface area contributed by atoms with Crippen molar-refractivity contribution in [3.63, 3.8) is 0 Å². The number of benzene rings is 1. The Bertz CT molecular complexity index is 1210. The first kappa shape index (κ1) is 21.4. The second-order valence-corrected chi connectivity index (χ2v) is 8.91. The van der Waals surface area contributed by atoms with E-state index < -0.39 is 5.97 Å². The number of carbonyl (C=O) groups excluding carboxylic acids is 2. The molecule has 0 atom stereocenters. The summed E-state index contributed by atoms with van der Waals surface area (Å²) in [5, 5.41) is 0.296. The van der Waals surface area contributed by atoms with Crippen LogP contribution in [0, 0.1) is 17.8 Å². The van der Waals surface area contributed by atoms with Gasteiger partial charge in [-0.3, -0.25) is 19.0 Å². The predicted molar refractivity (Wildman–Crippen MR) is 117 cm³/mol. The Labute approximate surface area is 180 Å². The van der Waals surface area contributed by atoms with E-state index in [-0.39, 0.29) is 30.1 Å². The van der Waals surface area contributed by atoms with Crippen molar-refractivity contribution in [2.24, 2.45) is 0 Å². The Hall–Kier alpha value is -2.30.